The predicted molar refractivity (Wildman–Crippen MR) is 476 cm³/mol. The van der Waals surface area contributed by atoms with Crippen molar-refractivity contribution in [2.45, 2.75) is 39.3 Å². The summed E-state index contributed by atoms with van der Waals surface area (Å²) in [5, 5.41) is 27.5. The Morgan fingerprint density at radius 1 is 0.261 bits per heavy atom. The van der Waals surface area contributed by atoms with Crippen LogP contribution in [-0.2, 0) is 0 Å². The summed E-state index contributed by atoms with van der Waals surface area (Å²) in [6.07, 6.45) is 1.63. The fraction of sp³-hybridized carbons (Fsp3) is 0.0600. The summed E-state index contributed by atoms with van der Waals surface area (Å²) >= 11 is 0. The molecule has 0 aliphatic carbocycles. The Balaban J connectivity index is 0.000000175. The molecule has 1 heterocycles. The maximum absolute atomic E-state index is 11.1. The molecule has 0 aliphatic heterocycles. The maximum Gasteiger partial charge on any atom is 1.00 e. The molecule has 0 saturated heterocycles. The van der Waals surface area contributed by atoms with E-state index in [2.05, 4.69) is 424 Å². The number of hydrogen-bond donors (Lipinski definition) is 0. The van der Waals surface area contributed by atoms with Crippen molar-refractivity contribution < 1.29 is 42.8 Å². The van der Waals surface area contributed by atoms with Crippen LogP contribution in [0.3, 0.4) is 0 Å². The third-order valence-electron chi connectivity index (χ3n) is 20.3. The molecular weight excluding hydrogens is 1370 g/mol. The predicted octanol–water partition coefficient (Wildman–Crippen LogP) is 20.3. The number of hydrogen-bond acceptors (Lipinski definition) is 6. The molecule has 0 amide bonds. The first-order valence-electron chi connectivity index (χ1n) is 37.4. The molecule has 0 aliphatic rings. The van der Waals surface area contributed by atoms with Gasteiger partial charge >= 0.3 is 37.7 Å². The second kappa shape index (κ2) is 34.5. The van der Waals surface area contributed by atoms with Crippen LogP contribution in [0.4, 0.5) is 68.2 Å². The van der Waals surface area contributed by atoms with Gasteiger partial charge in [-0.05, 0) is 178 Å². The normalized spacial score (nSPS) is 11.1. The van der Waals surface area contributed by atoms with Crippen LogP contribution in [-0.4, -0.2) is 30.8 Å². The summed E-state index contributed by atoms with van der Waals surface area (Å²) in [4.78, 5) is 13.5. The van der Waals surface area contributed by atoms with E-state index in [1.54, 1.807) is 12.3 Å². The molecule has 0 atom stereocenters. The number of nitrogens with zero attached hydrogens (tertiary/aromatic N) is 5. The maximum atomic E-state index is 11.1. The van der Waals surface area contributed by atoms with Gasteiger partial charge in [0.15, 0.2) is 0 Å². The molecule has 0 spiro atoms. The van der Waals surface area contributed by atoms with Crippen LogP contribution >= 0.6 is 0 Å². The molecule has 1 aromatic heterocycles. The first-order chi connectivity index (χ1) is 53.3. The molecule has 111 heavy (non-hydrogen) atoms. The van der Waals surface area contributed by atoms with E-state index in [0.717, 1.165) is 50.9 Å². The number of aromatic nitrogens is 1. The van der Waals surface area contributed by atoms with Crippen molar-refractivity contribution >= 4 is 168 Å². The van der Waals surface area contributed by atoms with E-state index in [9.17, 15) is 5.11 Å². The number of anilines is 12. The van der Waals surface area contributed by atoms with Crippen LogP contribution < -0.4 is 72.8 Å². The quantitative estimate of drug-likeness (QED) is 0.0579. The van der Waals surface area contributed by atoms with Gasteiger partial charge in [0, 0.05) is 81.6 Å². The smallest absolute Gasteiger partial charge is 0.871 e. The van der Waals surface area contributed by atoms with E-state index in [-0.39, 0.29) is 50.9 Å². The molecule has 18 aromatic rings. The van der Waals surface area contributed by atoms with Gasteiger partial charge in [0.05, 0.1) is 44.4 Å². The standard InChI is InChI=1S/C46H44N2Si2.C44H32N2.C9H7NO.CH3.BH.2Li/c1-49(2,3)39-25-21-37(22-26-39)47(35-13-9-7-10-14-35)43-31-19-33-18-30-42-44(32-20-34-17-29-41(43)45(33)46(34)42)48(36-15-11-8-12-16-36)38-23-27-40(28-24-38)50(4,5)6;1-3-17-37(18-4-1)45(43-23-11-15-35-13-7-9-21-41(35)43)39-29-25-33(26-30-39)34-27-31-40(32-28-34)46(38-19-5-2-6-20-38)44-24-12-16-36-14-8-10-22-42(36)44;11-8-5-1-3-7-4-2-6-10-9(7)8;;;;/h7-32H,1-6H3;1-32H;1-6,11H;1H3;1H;;/q;;;-1;;2*+1/p-1/i;;;;1D;;. The minimum atomic E-state index is -1.43. The number of benzene rings is 17. The van der Waals surface area contributed by atoms with Gasteiger partial charge in [0.2, 0.25) is 0 Å². The molecule has 0 unspecified atom stereocenters. The molecule has 11 heteroatoms. The molecule has 18 rings (SSSR count). The zero-order chi connectivity index (χ0) is 75.0. The summed E-state index contributed by atoms with van der Waals surface area (Å²) < 4.78 is 5.25. The molecule has 0 bridgehead atoms. The Bertz CT molecular complexity index is 5770. The Hall–Kier alpha value is -11.6. The largest absolute Gasteiger partial charge is 1.00 e. The Kier molecular flexibility index (Phi) is 24.1. The van der Waals surface area contributed by atoms with Crippen molar-refractivity contribution in [3.05, 3.63) is 396 Å². The van der Waals surface area contributed by atoms with E-state index >= 15 is 0 Å². The molecule has 6 nitrogen and oxygen atoms in total. The Morgan fingerprint density at radius 2 is 0.541 bits per heavy atom. The van der Waals surface area contributed by atoms with E-state index in [1.807, 2.05) is 18.2 Å². The van der Waals surface area contributed by atoms with Gasteiger partial charge in [-0.3, -0.25) is 4.98 Å². The van der Waals surface area contributed by atoms with E-state index in [0.29, 0.717) is 5.52 Å². The topological polar surface area (TPSA) is 48.9 Å². The van der Waals surface area contributed by atoms with Gasteiger partial charge in [-0.2, -0.15) is 0 Å². The summed E-state index contributed by atoms with van der Waals surface area (Å²) in [6.45, 7) is 14.5. The minimum Gasteiger partial charge on any atom is -0.871 e. The number of rotatable bonds is 15. The van der Waals surface area contributed by atoms with Gasteiger partial charge in [0.1, 0.15) is 0 Å². The SMILES string of the molecule is C[Si](C)(C)c1ccc(N(c2ccccc2)c2ccc3ccc4c(N(c5ccccc5)c5ccc([Si](C)(C)C)cc5)ccc5ccc2c3c54)cc1.[2H][B].[CH3-].[Li+].[Li+].[O-]c1cccc2cccnc12.c1ccc(N(c2ccc(-c3ccc(N(c4ccccc4)c4cccc5ccccc45)cc3)cc2)c2cccc3ccccc23)cc1. The van der Waals surface area contributed by atoms with Crippen molar-refractivity contribution in [3.63, 3.8) is 0 Å². The molecule has 0 fully saturated rings. The zero-order valence-corrected chi connectivity index (χ0v) is 66.7. The van der Waals surface area contributed by atoms with Gasteiger partial charge in [-0.1, -0.05) is 310 Å². The molecule has 0 N–H and O–H groups in total. The van der Waals surface area contributed by atoms with Gasteiger partial charge < -0.3 is 32.1 Å². The minimum absolute atomic E-state index is 0. The van der Waals surface area contributed by atoms with E-state index < -0.39 is 16.1 Å². The zero-order valence-electron chi connectivity index (χ0n) is 65.7. The average molecular weight is 1460 g/mol. The number of fused-ring (bicyclic) bond motifs is 3. The molecule has 17 aromatic carbocycles. The fourth-order valence-electron chi connectivity index (χ4n) is 14.9. The van der Waals surface area contributed by atoms with Crippen molar-refractivity contribution in [2.24, 2.45) is 0 Å². The van der Waals surface area contributed by atoms with Crippen molar-refractivity contribution in [1.82, 2.24) is 4.98 Å². The van der Waals surface area contributed by atoms with Crippen LogP contribution in [0, 0.1) is 7.43 Å². The Morgan fingerprint density at radius 3 is 0.892 bits per heavy atom. The van der Waals surface area contributed by atoms with E-state index in [1.165, 1.54) is 104 Å². The van der Waals surface area contributed by atoms with Crippen LogP contribution in [0.1, 0.15) is 0 Å². The van der Waals surface area contributed by atoms with Crippen molar-refractivity contribution in [2.75, 3.05) is 19.6 Å². The third kappa shape index (κ3) is 16.5. The van der Waals surface area contributed by atoms with Crippen LogP contribution in [0.2, 0.25) is 39.3 Å². The van der Waals surface area contributed by atoms with Crippen molar-refractivity contribution in [1.29, 1.82) is 1.34 Å². The van der Waals surface area contributed by atoms with Gasteiger partial charge in [-0.15, -0.1) is 0 Å². The summed E-state index contributed by atoms with van der Waals surface area (Å²) in [5.41, 5.74) is 16.8. The molecule has 2 radical (unpaired) electrons. The second-order valence-electron chi connectivity index (χ2n) is 29.3. The molecular formula is C100H86BLi2N5OSi2. The number of para-hydroxylation sites is 5. The third-order valence-corrected chi connectivity index (χ3v) is 24.5. The monoisotopic (exact) mass is 1450 g/mol. The summed E-state index contributed by atoms with van der Waals surface area (Å²) in [7, 11) is 0.882. The average Bonchev–Trinajstić information content (AvgIpc) is 0.729. The molecule has 530 valence electrons. The number of pyridine rings is 1. The molecule has 0 saturated carbocycles. The van der Waals surface area contributed by atoms with E-state index in [4.69, 9.17) is 1.34 Å². The summed E-state index contributed by atoms with van der Waals surface area (Å²) in [6, 6.07) is 137. The first-order valence-corrected chi connectivity index (χ1v) is 43.8. The van der Waals surface area contributed by atoms with Crippen LogP contribution in [0.15, 0.2) is 388 Å². The Labute approximate surface area is 683 Å². The summed E-state index contributed by atoms with van der Waals surface area (Å²) in [5.74, 6) is -0.0110. The van der Waals surface area contributed by atoms with Crippen LogP contribution in [0.25, 0.3) is 75.9 Å². The fourth-order valence-corrected chi connectivity index (χ4v) is 17.2. The van der Waals surface area contributed by atoms with Gasteiger partial charge in [-0.25, -0.2) is 0 Å². The second-order valence-corrected chi connectivity index (χ2v) is 39.4. The van der Waals surface area contributed by atoms with Crippen LogP contribution in [0.5, 0.6) is 5.75 Å². The van der Waals surface area contributed by atoms with Crippen molar-refractivity contribution in [3.8, 4) is 16.9 Å². The van der Waals surface area contributed by atoms with Gasteiger partial charge in [0.25, 0.3) is 0 Å². The first kappa shape index (κ1) is 77.6.